The summed E-state index contributed by atoms with van der Waals surface area (Å²) in [6, 6.07) is 6.38. The summed E-state index contributed by atoms with van der Waals surface area (Å²) in [4.78, 5) is 0. The molecule has 2 fully saturated rings. The van der Waals surface area contributed by atoms with E-state index >= 15 is 0 Å². The Morgan fingerprint density at radius 3 is 2.25 bits per heavy atom. The molecule has 1 saturated heterocycles. The Balaban J connectivity index is 1.68. The molecule has 4 heteroatoms. The molecule has 0 aromatic heterocycles. The third-order valence-electron chi connectivity index (χ3n) is 5.46. The highest BCUT2D eigenvalue weighted by molar-refractivity contribution is 6.62. The molecule has 1 spiro atoms. The Morgan fingerprint density at radius 2 is 1.65 bits per heavy atom. The highest BCUT2D eigenvalue weighted by Gasteiger charge is 2.54. The van der Waals surface area contributed by atoms with Gasteiger partial charge in [0.05, 0.1) is 17.8 Å². The fraction of sp³-hybridized carbons (Fsp3) is 0.625. The van der Waals surface area contributed by atoms with E-state index in [1.807, 2.05) is 0 Å². The van der Waals surface area contributed by atoms with E-state index in [1.165, 1.54) is 18.4 Å². The minimum atomic E-state index is -0.287. The molecule has 1 aromatic rings. The molecule has 20 heavy (non-hydrogen) atoms. The zero-order valence-electron chi connectivity index (χ0n) is 12.7. The first kappa shape index (κ1) is 12.7. The quantitative estimate of drug-likeness (QED) is 0.735. The highest BCUT2D eigenvalue weighted by atomic mass is 16.7. The van der Waals surface area contributed by atoms with Gasteiger partial charge in [0.2, 0.25) is 0 Å². The molecule has 0 radical (unpaired) electrons. The van der Waals surface area contributed by atoms with Crippen LogP contribution in [0.15, 0.2) is 18.2 Å². The second kappa shape index (κ2) is 3.60. The van der Waals surface area contributed by atoms with Crippen molar-refractivity contribution >= 4 is 12.6 Å². The van der Waals surface area contributed by atoms with Gasteiger partial charge in [0, 0.05) is 11.0 Å². The molecule has 0 atom stereocenters. The van der Waals surface area contributed by atoms with Crippen molar-refractivity contribution in [3.63, 3.8) is 0 Å². The van der Waals surface area contributed by atoms with Gasteiger partial charge < -0.3 is 14.0 Å². The van der Waals surface area contributed by atoms with Crippen LogP contribution in [0.3, 0.4) is 0 Å². The fourth-order valence-corrected chi connectivity index (χ4v) is 3.07. The van der Waals surface area contributed by atoms with Gasteiger partial charge in [-0.2, -0.15) is 0 Å². The minimum Gasteiger partial charge on any atom is -0.492 e. The van der Waals surface area contributed by atoms with Gasteiger partial charge in [0.25, 0.3) is 0 Å². The lowest BCUT2D eigenvalue weighted by Gasteiger charge is -2.32. The van der Waals surface area contributed by atoms with E-state index in [4.69, 9.17) is 14.0 Å². The molecule has 1 saturated carbocycles. The van der Waals surface area contributed by atoms with E-state index in [-0.39, 0.29) is 18.3 Å². The monoisotopic (exact) mass is 272 g/mol. The van der Waals surface area contributed by atoms with Crippen LogP contribution in [0.4, 0.5) is 0 Å². The summed E-state index contributed by atoms with van der Waals surface area (Å²) in [7, 11) is -0.276. The highest BCUT2D eigenvalue weighted by Crippen LogP contribution is 2.55. The van der Waals surface area contributed by atoms with Crippen LogP contribution in [0.1, 0.15) is 46.1 Å². The summed E-state index contributed by atoms with van der Waals surface area (Å²) in [5, 5.41) is 0. The average molecular weight is 272 g/mol. The van der Waals surface area contributed by atoms with Crippen molar-refractivity contribution < 1.29 is 14.0 Å². The van der Waals surface area contributed by atoms with Crippen molar-refractivity contribution in [3.05, 3.63) is 23.8 Å². The van der Waals surface area contributed by atoms with Crippen LogP contribution < -0.4 is 10.2 Å². The van der Waals surface area contributed by atoms with Gasteiger partial charge in [-0.25, -0.2) is 0 Å². The van der Waals surface area contributed by atoms with Crippen molar-refractivity contribution in [2.24, 2.45) is 0 Å². The first-order valence-corrected chi connectivity index (χ1v) is 7.46. The number of benzene rings is 1. The third kappa shape index (κ3) is 1.61. The standard InChI is InChI=1S/C16H21BO3/c1-14(2)15(3,4)20-17(19-14)11-5-6-13-12(9-11)16(7-8-16)10-18-13/h5-6,9H,7-8,10H2,1-4H3. The molecule has 2 heterocycles. The van der Waals surface area contributed by atoms with E-state index in [0.29, 0.717) is 5.41 Å². The Bertz CT molecular complexity index is 559. The zero-order chi connectivity index (χ0) is 14.2. The van der Waals surface area contributed by atoms with Crippen LogP contribution in [-0.2, 0) is 14.7 Å². The van der Waals surface area contributed by atoms with Crippen LogP contribution in [0.5, 0.6) is 5.75 Å². The normalized spacial score (nSPS) is 27.5. The number of hydrogen-bond acceptors (Lipinski definition) is 3. The van der Waals surface area contributed by atoms with E-state index in [1.54, 1.807) is 0 Å². The fourth-order valence-electron chi connectivity index (χ4n) is 3.07. The predicted octanol–water partition coefficient (Wildman–Crippen LogP) is 2.41. The lowest BCUT2D eigenvalue weighted by molar-refractivity contribution is 0.00578. The molecular formula is C16H21BO3. The second-order valence-electron chi connectivity index (χ2n) is 7.41. The zero-order valence-corrected chi connectivity index (χ0v) is 12.7. The molecule has 3 nitrogen and oxygen atoms in total. The molecule has 4 rings (SSSR count). The molecule has 106 valence electrons. The first-order valence-electron chi connectivity index (χ1n) is 7.46. The third-order valence-corrected chi connectivity index (χ3v) is 5.46. The van der Waals surface area contributed by atoms with Gasteiger partial charge >= 0.3 is 7.12 Å². The summed E-state index contributed by atoms with van der Waals surface area (Å²) >= 11 is 0. The largest absolute Gasteiger partial charge is 0.494 e. The molecule has 1 aromatic carbocycles. The summed E-state index contributed by atoms with van der Waals surface area (Å²) in [5.74, 6) is 1.04. The number of hydrogen-bond donors (Lipinski definition) is 0. The number of fused-ring (bicyclic) bond motifs is 2. The smallest absolute Gasteiger partial charge is 0.492 e. The van der Waals surface area contributed by atoms with Gasteiger partial charge in [-0.05, 0) is 52.1 Å². The Hall–Kier alpha value is -0.995. The van der Waals surface area contributed by atoms with Gasteiger partial charge in [-0.15, -0.1) is 0 Å². The molecular weight excluding hydrogens is 251 g/mol. The SMILES string of the molecule is CC1(C)OB(c2ccc3c(c2)C2(CC2)CO3)OC1(C)C. The molecule has 0 unspecified atom stereocenters. The molecule has 0 bridgehead atoms. The lowest BCUT2D eigenvalue weighted by Crippen LogP contribution is -2.41. The van der Waals surface area contributed by atoms with Gasteiger partial charge in [-0.1, -0.05) is 12.1 Å². The summed E-state index contributed by atoms with van der Waals surface area (Å²) in [6.07, 6.45) is 2.49. The van der Waals surface area contributed by atoms with Crippen molar-refractivity contribution in [1.82, 2.24) is 0 Å². The number of ether oxygens (including phenoxy) is 1. The van der Waals surface area contributed by atoms with Crippen molar-refractivity contribution in [2.75, 3.05) is 6.61 Å². The van der Waals surface area contributed by atoms with Crippen LogP contribution in [0, 0.1) is 0 Å². The Labute approximate surface area is 120 Å². The predicted molar refractivity (Wildman–Crippen MR) is 78.6 cm³/mol. The second-order valence-corrected chi connectivity index (χ2v) is 7.41. The Kier molecular flexibility index (Phi) is 2.29. The maximum Gasteiger partial charge on any atom is 0.494 e. The van der Waals surface area contributed by atoms with E-state index in [0.717, 1.165) is 17.8 Å². The van der Waals surface area contributed by atoms with Crippen LogP contribution in [0.25, 0.3) is 0 Å². The van der Waals surface area contributed by atoms with Crippen LogP contribution >= 0.6 is 0 Å². The summed E-state index contributed by atoms with van der Waals surface area (Å²) in [5.41, 5.74) is 2.19. The van der Waals surface area contributed by atoms with Crippen molar-refractivity contribution in [3.8, 4) is 5.75 Å². The summed E-state index contributed by atoms with van der Waals surface area (Å²) in [6.45, 7) is 9.20. The Morgan fingerprint density at radius 1 is 1.00 bits per heavy atom. The van der Waals surface area contributed by atoms with Crippen molar-refractivity contribution in [2.45, 2.75) is 57.2 Å². The minimum absolute atomic E-state index is 0.276. The molecule has 1 aliphatic carbocycles. The van der Waals surface area contributed by atoms with E-state index in [9.17, 15) is 0 Å². The van der Waals surface area contributed by atoms with Crippen LogP contribution in [0.2, 0.25) is 0 Å². The van der Waals surface area contributed by atoms with Crippen molar-refractivity contribution in [1.29, 1.82) is 0 Å². The number of rotatable bonds is 1. The maximum absolute atomic E-state index is 6.14. The van der Waals surface area contributed by atoms with E-state index in [2.05, 4.69) is 45.9 Å². The van der Waals surface area contributed by atoms with E-state index < -0.39 is 0 Å². The lowest BCUT2D eigenvalue weighted by atomic mass is 9.77. The van der Waals surface area contributed by atoms with Gasteiger partial charge in [-0.3, -0.25) is 0 Å². The molecule has 0 N–H and O–H groups in total. The molecule has 2 aliphatic heterocycles. The molecule has 0 amide bonds. The first-order chi connectivity index (χ1) is 9.33. The maximum atomic E-state index is 6.14. The van der Waals surface area contributed by atoms with Crippen LogP contribution in [-0.4, -0.2) is 24.9 Å². The summed E-state index contributed by atoms with van der Waals surface area (Å²) < 4.78 is 18.1. The average Bonchev–Trinajstić information content (AvgIpc) is 3.00. The topological polar surface area (TPSA) is 27.7 Å². The molecule has 3 aliphatic rings. The van der Waals surface area contributed by atoms with Gasteiger partial charge in [0.1, 0.15) is 5.75 Å². The van der Waals surface area contributed by atoms with Gasteiger partial charge in [0.15, 0.2) is 0 Å².